The Balaban J connectivity index is 1.03. The number of unbranched alkanes of at least 4 members (excludes halogenated alkanes) is 2. The van der Waals surface area contributed by atoms with E-state index in [1.807, 2.05) is 24.3 Å². The Hall–Kier alpha value is -3.58. The van der Waals surface area contributed by atoms with Crippen LogP contribution in [0, 0.1) is 11.8 Å². The van der Waals surface area contributed by atoms with Crippen LogP contribution in [0.5, 0.6) is 0 Å². The number of Topliss-reactive ketones (excluding diaryl/α,β-unsaturated/α-hetero) is 1. The lowest BCUT2D eigenvalue weighted by molar-refractivity contribution is -0.143. The summed E-state index contributed by atoms with van der Waals surface area (Å²) in [5.41, 5.74) is 5.17. The monoisotopic (exact) mass is 585 g/mol. The summed E-state index contributed by atoms with van der Waals surface area (Å²) in [7, 11) is 0. The Kier molecular flexibility index (Phi) is 6.94. The van der Waals surface area contributed by atoms with Crippen LogP contribution in [0.3, 0.4) is 0 Å². The highest BCUT2D eigenvalue weighted by molar-refractivity contribution is 9.10. The number of hydrogen-bond donors (Lipinski definition) is 0. The van der Waals surface area contributed by atoms with Crippen molar-refractivity contribution in [2.45, 2.75) is 37.5 Å². The van der Waals surface area contributed by atoms with E-state index in [1.165, 1.54) is 27.2 Å². The maximum Gasteiger partial charge on any atom is 0.306 e. The molecule has 3 aromatic rings. The molecule has 1 fully saturated rings. The number of esters is 1. The van der Waals surface area contributed by atoms with E-state index in [-0.39, 0.29) is 54.3 Å². The van der Waals surface area contributed by atoms with Crippen molar-refractivity contribution >= 4 is 39.5 Å². The molecule has 39 heavy (non-hydrogen) atoms. The van der Waals surface area contributed by atoms with E-state index in [0.29, 0.717) is 31.4 Å². The van der Waals surface area contributed by atoms with E-state index in [9.17, 15) is 19.2 Å². The molecule has 198 valence electrons. The molecule has 0 N–H and O–H groups in total. The molecule has 1 heterocycles. The number of imide groups is 1. The van der Waals surface area contributed by atoms with Crippen molar-refractivity contribution in [3.63, 3.8) is 0 Å². The van der Waals surface area contributed by atoms with Gasteiger partial charge in [0.25, 0.3) is 0 Å². The summed E-state index contributed by atoms with van der Waals surface area (Å²) in [5.74, 6) is -1.72. The molecule has 7 heteroatoms. The zero-order chi connectivity index (χ0) is 27.1. The number of ether oxygens (including phenoxy) is 1. The highest BCUT2D eigenvalue weighted by Gasteiger charge is 2.61. The molecule has 2 bridgehead atoms. The standard InChI is InChI=1S/C32H28BrNO5/c33-20-15-13-19(14-16-20)25(35)18-39-26(36)12-2-1-7-17-34-31(37)29-27-21-8-3-4-9-22(21)28(30(29)32(34)38)24-11-6-5-10-23(24)27/h3-6,8-11,13-16,27-30H,1-2,7,12,17-18H2. The number of likely N-dealkylation sites (tertiary alicyclic amines) is 1. The fourth-order valence-corrected chi connectivity index (χ4v) is 6.88. The third-order valence-corrected chi connectivity index (χ3v) is 8.86. The predicted octanol–water partition coefficient (Wildman–Crippen LogP) is 5.63. The van der Waals surface area contributed by atoms with Crippen molar-refractivity contribution in [2.75, 3.05) is 13.2 Å². The quantitative estimate of drug-likeness (QED) is 0.141. The molecule has 7 rings (SSSR count). The Morgan fingerprint density at radius 2 is 1.23 bits per heavy atom. The lowest BCUT2D eigenvalue weighted by Crippen LogP contribution is -2.41. The summed E-state index contributed by atoms with van der Waals surface area (Å²) in [6.45, 7) is 0.0705. The largest absolute Gasteiger partial charge is 0.457 e. The second kappa shape index (κ2) is 10.5. The Labute approximate surface area is 235 Å². The van der Waals surface area contributed by atoms with E-state index in [4.69, 9.17) is 4.74 Å². The van der Waals surface area contributed by atoms with Gasteiger partial charge >= 0.3 is 5.97 Å². The van der Waals surface area contributed by atoms with Crippen LogP contribution in [0.2, 0.25) is 0 Å². The van der Waals surface area contributed by atoms with Crippen molar-refractivity contribution in [1.82, 2.24) is 4.90 Å². The van der Waals surface area contributed by atoms with Gasteiger partial charge in [0.1, 0.15) is 0 Å². The molecule has 3 aromatic carbocycles. The highest BCUT2D eigenvalue weighted by atomic mass is 79.9. The fourth-order valence-electron chi connectivity index (χ4n) is 6.61. The Bertz CT molecular complexity index is 1350. The Morgan fingerprint density at radius 3 is 1.74 bits per heavy atom. The first-order valence-corrected chi connectivity index (χ1v) is 14.2. The number of ketones is 1. The number of benzene rings is 3. The molecule has 0 saturated carbocycles. The maximum absolute atomic E-state index is 13.6. The van der Waals surface area contributed by atoms with Crippen molar-refractivity contribution in [3.05, 3.63) is 105 Å². The van der Waals surface area contributed by atoms with Gasteiger partial charge in [-0.15, -0.1) is 0 Å². The molecule has 0 radical (unpaired) electrons. The summed E-state index contributed by atoms with van der Waals surface area (Å²) in [6.07, 6.45) is 2.05. The van der Waals surface area contributed by atoms with Gasteiger partial charge in [-0.05, 0) is 47.2 Å². The number of hydrogen-bond acceptors (Lipinski definition) is 5. The van der Waals surface area contributed by atoms with Gasteiger partial charge in [0.2, 0.25) is 11.8 Å². The van der Waals surface area contributed by atoms with Gasteiger partial charge in [-0.25, -0.2) is 0 Å². The topological polar surface area (TPSA) is 80.8 Å². The lowest BCUT2D eigenvalue weighted by atomic mass is 9.55. The maximum atomic E-state index is 13.6. The average molecular weight is 586 g/mol. The fraction of sp³-hybridized carbons (Fsp3) is 0.312. The first kappa shape index (κ1) is 25.7. The highest BCUT2D eigenvalue weighted by Crippen LogP contribution is 2.60. The average Bonchev–Trinajstić information content (AvgIpc) is 3.21. The van der Waals surface area contributed by atoms with E-state index in [2.05, 4.69) is 40.2 Å². The first-order valence-electron chi connectivity index (χ1n) is 13.4. The van der Waals surface area contributed by atoms with Crippen LogP contribution in [0.1, 0.15) is 70.1 Å². The third-order valence-electron chi connectivity index (χ3n) is 8.33. The molecule has 1 saturated heterocycles. The minimum atomic E-state index is -0.424. The number of halogens is 1. The van der Waals surface area contributed by atoms with Crippen LogP contribution in [0.4, 0.5) is 0 Å². The molecule has 1 aliphatic heterocycles. The second-order valence-electron chi connectivity index (χ2n) is 10.5. The molecule has 2 atom stereocenters. The first-order chi connectivity index (χ1) is 19.0. The van der Waals surface area contributed by atoms with Crippen molar-refractivity contribution in [3.8, 4) is 0 Å². The van der Waals surface area contributed by atoms with Crippen LogP contribution < -0.4 is 0 Å². The minimum Gasteiger partial charge on any atom is -0.457 e. The van der Waals surface area contributed by atoms with Gasteiger partial charge in [-0.3, -0.25) is 24.1 Å². The predicted molar refractivity (Wildman–Crippen MR) is 148 cm³/mol. The number of nitrogens with zero attached hydrogens (tertiary/aromatic N) is 1. The number of carbonyl (C=O) groups is 4. The summed E-state index contributed by atoms with van der Waals surface area (Å²) >= 11 is 3.33. The van der Waals surface area contributed by atoms with Gasteiger partial charge in [0.15, 0.2) is 12.4 Å². The van der Waals surface area contributed by atoms with Gasteiger partial charge < -0.3 is 4.74 Å². The van der Waals surface area contributed by atoms with Crippen molar-refractivity contribution in [1.29, 1.82) is 0 Å². The molecule has 0 spiro atoms. The lowest BCUT2D eigenvalue weighted by Gasteiger charge is -2.45. The van der Waals surface area contributed by atoms with Crippen molar-refractivity contribution in [2.24, 2.45) is 11.8 Å². The zero-order valence-corrected chi connectivity index (χ0v) is 22.9. The van der Waals surface area contributed by atoms with Gasteiger partial charge in [0, 0.05) is 34.8 Å². The summed E-state index contributed by atoms with van der Waals surface area (Å²) < 4.78 is 6.01. The molecule has 4 aliphatic rings. The molecular weight excluding hydrogens is 558 g/mol. The summed E-state index contributed by atoms with van der Waals surface area (Å²) in [6, 6.07) is 23.4. The van der Waals surface area contributed by atoms with E-state index in [1.54, 1.807) is 24.3 Å². The van der Waals surface area contributed by atoms with Crippen LogP contribution in [0.25, 0.3) is 0 Å². The molecule has 0 aromatic heterocycles. The molecule has 2 unspecified atom stereocenters. The zero-order valence-electron chi connectivity index (χ0n) is 21.3. The van der Waals surface area contributed by atoms with Crippen LogP contribution >= 0.6 is 15.9 Å². The van der Waals surface area contributed by atoms with Crippen LogP contribution in [-0.2, 0) is 19.1 Å². The van der Waals surface area contributed by atoms with Gasteiger partial charge in [0.05, 0.1) is 11.8 Å². The normalized spacial score (nSPS) is 22.3. The van der Waals surface area contributed by atoms with E-state index in [0.717, 1.165) is 4.47 Å². The van der Waals surface area contributed by atoms with E-state index >= 15 is 0 Å². The molecule has 2 amide bonds. The number of carbonyl (C=O) groups excluding carboxylic acids is 4. The van der Waals surface area contributed by atoms with E-state index < -0.39 is 5.97 Å². The third kappa shape index (κ3) is 4.52. The van der Waals surface area contributed by atoms with Crippen LogP contribution in [-0.4, -0.2) is 41.6 Å². The second-order valence-corrected chi connectivity index (χ2v) is 11.4. The van der Waals surface area contributed by atoms with Gasteiger partial charge in [-0.2, -0.15) is 0 Å². The van der Waals surface area contributed by atoms with Gasteiger partial charge in [-0.1, -0.05) is 83.0 Å². The SMILES string of the molecule is O=C(CCCCCN1C(=O)C2C3c4ccccc4C(c4ccccc43)C2C1=O)OCC(=O)c1ccc(Br)cc1. The van der Waals surface area contributed by atoms with Crippen molar-refractivity contribution < 1.29 is 23.9 Å². The molecule has 3 aliphatic carbocycles. The summed E-state index contributed by atoms with van der Waals surface area (Å²) in [5, 5.41) is 0. The Morgan fingerprint density at radius 1 is 0.718 bits per heavy atom. The summed E-state index contributed by atoms with van der Waals surface area (Å²) in [4.78, 5) is 53.0. The number of rotatable bonds is 9. The molecule has 6 nitrogen and oxygen atoms in total. The number of amides is 2. The minimum absolute atomic E-state index is 0.0742. The van der Waals surface area contributed by atoms with Crippen LogP contribution in [0.15, 0.2) is 77.3 Å². The molecular formula is C32H28BrNO5. The smallest absolute Gasteiger partial charge is 0.306 e.